The molecule has 0 saturated carbocycles. The Labute approximate surface area is 48.5 Å². The maximum absolute atomic E-state index is 9.85. The number of aliphatic carboxylic acids is 1. The number of carbonyl (C=O) groups excluding carboxylic acids is 1. The van der Waals surface area contributed by atoms with Crippen LogP contribution < -0.4 is 10.8 Å². The molecule has 0 aromatic heterocycles. The first-order chi connectivity index (χ1) is 3.68. The van der Waals surface area contributed by atoms with Crippen molar-refractivity contribution in [2.24, 2.45) is 5.73 Å². The van der Waals surface area contributed by atoms with Gasteiger partial charge in [-0.1, -0.05) is 13.3 Å². The molecule has 0 spiro atoms. The van der Waals surface area contributed by atoms with Crippen molar-refractivity contribution in [2.75, 3.05) is 0 Å². The Kier molecular flexibility index (Phi) is 3.19. The maximum atomic E-state index is 9.85. The lowest BCUT2D eigenvalue weighted by molar-refractivity contribution is -0.307. The van der Waals surface area contributed by atoms with Crippen LogP contribution in [0.4, 0.5) is 0 Å². The van der Waals surface area contributed by atoms with E-state index in [4.69, 9.17) is 5.73 Å². The third kappa shape index (κ3) is 2.58. The Bertz CT molecular complexity index is 82.5. The summed E-state index contributed by atoms with van der Waals surface area (Å²) in [5, 5.41) is 9.85. The summed E-state index contributed by atoms with van der Waals surface area (Å²) in [4.78, 5) is 9.85. The molecular weight excluding hydrogens is 106 g/mol. The highest BCUT2D eigenvalue weighted by atomic mass is 16.4. The van der Waals surface area contributed by atoms with Crippen molar-refractivity contribution in [3.63, 3.8) is 0 Å². The van der Waals surface area contributed by atoms with Crippen molar-refractivity contribution < 1.29 is 9.90 Å². The van der Waals surface area contributed by atoms with Crippen LogP contribution in [0.5, 0.6) is 0 Å². The average molecular weight is 116 g/mol. The molecule has 48 valence electrons. The van der Waals surface area contributed by atoms with Gasteiger partial charge in [0.25, 0.3) is 0 Å². The van der Waals surface area contributed by atoms with Crippen molar-refractivity contribution in [2.45, 2.75) is 25.8 Å². The van der Waals surface area contributed by atoms with E-state index >= 15 is 0 Å². The highest BCUT2D eigenvalue weighted by Crippen LogP contribution is 1.89. The second kappa shape index (κ2) is 3.43. The van der Waals surface area contributed by atoms with Gasteiger partial charge in [-0.15, -0.1) is 0 Å². The van der Waals surface area contributed by atoms with Gasteiger partial charge in [0.15, 0.2) is 0 Å². The van der Waals surface area contributed by atoms with E-state index in [-0.39, 0.29) is 0 Å². The highest BCUT2D eigenvalue weighted by Gasteiger charge is 1.98. The highest BCUT2D eigenvalue weighted by molar-refractivity contribution is 5.70. The number of carbonyl (C=O) groups is 1. The van der Waals surface area contributed by atoms with Crippen LogP contribution in [0.25, 0.3) is 0 Å². The maximum Gasteiger partial charge on any atom is 0.0582 e. The van der Waals surface area contributed by atoms with Gasteiger partial charge < -0.3 is 15.6 Å². The van der Waals surface area contributed by atoms with Gasteiger partial charge in [0.2, 0.25) is 0 Å². The van der Waals surface area contributed by atoms with Gasteiger partial charge in [0.05, 0.1) is 5.97 Å². The molecule has 8 heavy (non-hydrogen) atoms. The molecule has 0 radical (unpaired) electrons. The summed E-state index contributed by atoms with van der Waals surface area (Å²) in [7, 11) is 0. The summed E-state index contributed by atoms with van der Waals surface area (Å²) in [6, 6.07) is -0.778. The Morgan fingerprint density at radius 1 is 1.88 bits per heavy atom. The molecule has 0 rings (SSSR count). The quantitative estimate of drug-likeness (QED) is 0.507. The minimum absolute atomic E-state index is 0.502. The minimum atomic E-state index is -1.16. The molecule has 0 aromatic rings. The summed E-state index contributed by atoms with van der Waals surface area (Å²) < 4.78 is 0. The van der Waals surface area contributed by atoms with Crippen LogP contribution in [0, 0.1) is 0 Å². The Morgan fingerprint density at radius 2 is 2.38 bits per heavy atom. The van der Waals surface area contributed by atoms with E-state index in [0.717, 1.165) is 6.42 Å². The number of hydrogen-bond acceptors (Lipinski definition) is 3. The van der Waals surface area contributed by atoms with Crippen LogP contribution in [0.2, 0.25) is 0 Å². The van der Waals surface area contributed by atoms with Gasteiger partial charge in [-0.25, -0.2) is 0 Å². The second-order valence-electron chi connectivity index (χ2n) is 1.71. The lowest BCUT2D eigenvalue weighted by atomic mass is 10.2. The van der Waals surface area contributed by atoms with E-state index in [1.165, 1.54) is 0 Å². The first kappa shape index (κ1) is 7.43. The van der Waals surface area contributed by atoms with Gasteiger partial charge in [0, 0.05) is 6.04 Å². The molecule has 0 heterocycles. The molecular formula is C5H10NO2-. The molecule has 3 heteroatoms. The summed E-state index contributed by atoms with van der Waals surface area (Å²) in [5.74, 6) is -1.16. The van der Waals surface area contributed by atoms with Crippen LogP contribution in [-0.4, -0.2) is 12.0 Å². The Balaban J connectivity index is 3.32. The van der Waals surface area contributed by atoms with Gasteiger partial charge in [-0.2, -0.15) is 0 Å². The Morgan fingerprint density at radius 3 is 2.50 bits per heavy atom. The summed E-state index contributed by atoms with van der Waals surface area (Å²) >= 11 is 0. The zero-order valence-corrected chi connectivity index (χ0v) is 4.89. The van der Waals surface area contributed by atoms with Gasteiger partial charge >= 0.3 is 0 Å². The van der Waals surface area contributed by atoms with Crippen LogP contribution in [0.1, 0.15) is 19.8 Å². The van der Waals surface area contributed by atoms with Gasteiger partial charge in [-0.05, 0) is 6.42 Å². The van der Waals surface area contributed by atoms with Crippen molar-refractivity contribution in [1.82, 2.24) is 0 Å². The predicted octanol–water partition coefficient (Wildman–Crippen LogP) is -1.14. The lowest BCUT2D eigenvalue weighted by Gasteiger charge is -2.09. The first-order valence-electron chi connectivity index (χ1n) is 2.65. The lowest BCUT2D eigenvalue weighted by Crippen LogP contribution is -2.41. The molecule has 0 amide bonds. The van der Waals surface area contributed by atoms with Crippen molar-refractivity contribution >= 4 is 5.97 Å². The van der Waals surface area contributed by atoms with E-state index in [0.29, 0.717) is 6.42 Å². The van der Waals surface area contributed by atoms with E-state index in [1.54, 1.807) is 0 Å². The average Bonchev–Trinajstić information content (AvgIpc) is 1.67. The van der Waals surface area contributed by atoms with Crippen molar-refractivity contribution in [1.29, 1.82) is 0 Å². The first-order valence-corrected chi connectivity index (χ1v) is 2.65. The minimum Gasteiger partial charge on any atom is -0.548 e. The molecule has 3 nitrogen and oxygen atoms in total. The normalized spacial score (nSPS) is 13.2. The predicted molar refractivity (Wildman–Crippen MR) is 27.9 cm³/mol. The third-order valence-corrected chi connectivity index (χ3v) is 0.902. The second-order valence-corrected chi connectivity index (χ2v) is 1.71. The fourth-order valence-corrected chi connectivity index (χ4v) is 0.429. The molecule has 0 bridgehead atoms. The molecule has 1 atom stereocenters. The summed E-state index contributed by atoms with van der Waals surface area (Å²) in [6.07, 6.45) is 1.29. The largest absolute Gasteiger partial charge is 0.548 e. The van der Waals surface area contributed by atoms with Crippen LogP contribution >= 0.6 is 0 Å². The van der Waals surface area contributed by atoms with Crippen LogP contribution in [-0.2, 0) is 4.79 Å². The number of carboxylic acids is 1. The van der Waals surface area contributed by atoms with Crippen molar-refractivity contribution in [3.05, 3.63) is 0 Å². The van der Waals surface area contributed by atoms with E-state index in [9.17, 15) is 9.90 Å². The number of hydrogen-bond donors (Lipinski definition) is 1. The number of rotatable bonds is 3. The SMILES string of the molecule is CCCC(N)C(=O)[O-]. The Hall–Kier alpha value is -0.570. The zero-order valence-electron chi connectivity index (χ0n) is 4.89. The van der Waals surface area contributed by atoms with Crippen molar-refractivity contribution in [3.8, 4) is 0 Å². The van der Waals surface area contributed by atoms with E-state index in [1.807, 2.05) is 6.92 Å². The zero-order chi connectivity index (χ0) is 6.57. The molecule has 2 N–H and O–H groups in total. The monoisotopic (exact) mass is 116 g/mol. The standard InChI is InChI=1S/C5H11NO2/c1-2-3-4(6)5(7)8/h4H,2-3,6H2,1H3,(H,7,8)/p-1. The topological polar surface area (TPSA) is 66.2 Å². The van der Waals surface area contributed by atoms with Gasteiger partial charge in [0.1, 0.15) is 0 Å². The molecule has 0 saturated heterocycles. The molecule has 1 unspecified atom stereocenters. The summed E-state index contributed by atoms with van der Waals surface area (Å²) in [6.45, 7) is 1.88. The number of carboxylic acid groups (broad SMARTS) is 1. The summed E-state index contributed by atoms with van der Waals surface area (Å²) in [5.41, 5.74) is 5.06. The number of nitrogens with two attached hydrogens (primary N) is 1. The fraction of sp³-hybridized carbons (Fsp3) is 0.800. The molecule has 0 aromatic carbocycles. The van der Waals surface area contributed by atoms with E-state index < -0.39 is 12.0 Å². The smallest absolute Gasteiger partial charge is 0.0582 e. The van der Waals surface area contributed by atoms with E-state index in [2.05, 4.69) is 0 Å². The molecule has 0 fully saturated rings. The van der Waals surface area contributed by atoms with Crippen LogP contribution in [0.15, 0.2) is 0 Å². The fourth-order valence-electron chi connectivity index (χ4n) is 0.429. The van der Waals surface area contributed by atoms with Crippen LogP contribution in [0.3, 0.4) is 0 Å². The molecule has 0 aliphatic heterocycles. The third-order valence-electron chi connectivity index (χ3n) is 0.902. The van der Waals surface area contributed by atoms with Gasteiger partial charge in [-0.3, -0.25) is 0 Å². The molecule has 0 aliphatic carbocycles. The molecule has 0 aliphatic rings.